The first-order valence-electron chi connectivity index (χ1n) is 12.6. The van der Waals surface area contributed by atoms with E-state index >= 15 is 0 Å². The van der Waals surface area contributed by atoms with Crippen LogP contribution in [-0.2, 0) is 31.4 Å². The quantitative estimate of drug-likeness (QED) is 0.171. The smallest absolute Gasteiger partial charge is 0.345 e. The molecule has 196 valence electrons. The molecular weight excluding hydrogens is 495 g/mol. The third-order valence-electron chi connectivity index (χ3n) is 6.26. The van der Waals surface area contributed by atoms with Gasteiger partial charge in [-0.1, -0.05) is 63.2 Å². The highest BCUT2D eigenvalue weighted by molar-refractivity contribution is 7.97. The highest BCUT2D eigenvalue weighted by atomic mass is 32.2. The first-order valence-corrected chi connectivity index (χ1v) is 13.9. The summed E-state index contributed by atoms with van der Waals surface area (Å²) >= 11 is 0. The highest BCUT2D eigenvalue weighted by Crippen LogP contribution is 2.32. The summed E-state index contributed by atoms with van der Waals surface area (Å²) in [5.41, 5.74) is 1.44. The molecule has 4 rings (SSSR count). The van der Waals surface area contributed by atoms with Gasteiger partial charge in [-0.3, -0.25) is 0 Å². The lowest BCUT2D eigenvalue weighted by molar-refractivity contribution is -0.159. The molecule has 3 nitrogen and oxygen atoms in total. The number of hydrogen-bond donors (Lipinski definition) is 0. The van der Waals surface area contributed by atoms with Crippen LogP contribution in [0.3, 0.4) is 0 Å². The normalized spacial score (nSPS) is 12.6. The van der Waals surface area contributed by atoms with E-state index in [2.05, 4.69) is 45.0 Å². The third kappa shape index (κ3) is 6.84. The molecule has 0 aliphatic rings. The molecule has 0 N–H and O–H groups in total. The van der Waals surface area contributed by atoms with Crippen molar-refractivity contribution < 1.29 is 18.7 Å². The van der Waals surface area contributed by atoms with Gasteiger partial charge in [0.2, 0.25) is 0 Å². The van der Waals surface area contributed by atoms with Gasteiger partial charge in [0.1, 0.15) is 17.2 Å². The van der Waals surface area contributed by atoms with Crippen molar-refractivity contribution in [3.8, 4) is 5.75 Å². The summed E-state index contributed by atoms with van der Waals surface area (Å²) in [5.74, 6) is -0.117. The van der Waals surface area contributed by atoms with Gasteiger partial charge in [0.15, 0.2) is 21.3 Å². The highest BCUT2D eigenvalue weighted by Gasteiger charge is 2.29. The number of carbonyl (C=O) groups excluding carboxylic acids is 1. The van der Waals surface area contributed by atoms with E-state index in [1.54, 1.807) is 0 Å². The molecule has 0 saturated carbocycles. The lowest BCUT2D eigenvalue weighted by Crippen LogP contribution is -2.28. The van der Waals surface area contributed by atoms with Gasteiger partial charge in [0, 0.05) is 0 Å². The molecule has 4 aromatic carbocycles. The van der Waals surface area contributed by atoms with Gasteiger partial charge in [-0.15, -0.1) is 0 Å². The molecule has 38 heavy (non-hydrogen) atoms. The summed E-state index contributed by atoms with van der Waals surface area (Å²) in [4.78, 5) is 15.8. The largest absolute Gasteiger partial charge is 0.482 e. The summed E-state index contributed by atoms with van der Waals surface area (Å²) in [6.45, 7) is 10.1. The van der Waals surface area contributed by atoms with E-state index in [0.29, 0.717) is 5.75 Å². The molecule has 1 unspecified atom stereocenters. The van der Waals surface area contributed by atoms with Gasteiger partial charge in [-0.05, 0) is 91.1 Å². The minimum atomic E-state index is -0.778. The number of carbonyl (C=O) groups is 1. The van der Waals surface area contributed by atoms with E-state index in [1.165, 1.54) is 17.7 Å². The molecule has 5 heteroatoms. The Hall–Kier alpha value is -3.57. The summed E-state index contributed by atoms with van der Waals surface area (Å²) in [5, 5.41) is 0. The molecule has 1 atom stereocenters. The maximum Gasteiger partial charge on any atom is 0.345 e. The van der Waals surface area contributed by atoms with E-state index in [0.717, 1.165) is 20.2 Å². The average molecular weight is 530 g/mol. The van der Waals surface area contributed by atoms with E-state index in [-0.39, 0.29) is 17.8 Å². The number of rotatable bonds is 8. The van der Waals surface area contributed by atoms with E-state index < -0.39 is 22.5 Å². The molecule has 0 radical (unpaired) electrons. The number of hydrogen-bond acceptors (Lipinski definition) is 3. The maximum atomic E-state index is 13.6. The Morgan fingerprint density at radius 1 is 0.684 bits per heavy atom. The topological polar surface area (TPSA) is 35.5 Å². The molecule has 0 bridgehead atoms. The number of esters is 1. The van der Waals surface area contributed by atoms with Crippen molar-refractivity contribution in [2.75, 3.05) is 6.61 Å². The van der Waals surface area contributed by atoms with Crippen molar-refractivity contribution in [2.24, 2.45) is 0 Å². The first-order chi connectivity index (χ1) is 18.0. The molecule has 0 spiro atoms. The van der Waals surface area contributed by atoms with Gasteiger partial charge in [-0.2, -0.15) is 0 Å². The fourth-order valence-corrected chi connectivity index (χ4v) is 6.16. The summed E-state index contributed by atoms with van der Waals surface area (Å²) in [7, 11) is -0.400. The Bertz CT molecular complexity index is 1340. The van der Waals surface area contributed by atoms with Gasteiger partial charge in [0.25, 0.3) is 0 Å². The van der Waals surface area contributed by atoms with Crippen LogP contribution >= 0.6 is 0 Å². The molecule has 0 saturated heterocycles. The second-order valence-electron chi connectivity index (χ2n) is 10.6. The van der Waals surface area contributed by atoms with Crippen LogP contribution < -0.4 is 4.74 Å². The maximum absolute atomic E-state index is 13.6. The lowest BCUT2D eigenvalue weighted by atomic mass is 9.85. The predicted octanol–water partition coefficient (Wildman–Crippen LogP) is 8.08. The molecule has 0 heterocycles. The van der Waals surface area contributed by atoms with Crippen molar-refractivity contribution in [1.82, 2.24) is 0 Å². The number of ether oxygens (including phenoxy) is 2. The van der Waals surface area contributed by atoms with Crippen molar-refractivity contribution in [3.05, 3.63) is 120 Å². The first kappa shape index (κ1) is 27.5. The zero-order valence-electron chi connectivity index (χ0n) is 22.5. The average Bonchev–Trinajstić information content (AvgIpc) is 2.89. The van der Waals surface area contributed by atoms with Gasteiger partial charge in [0.05, 0.1) is 10.9 Å². The van der Waals surface area contributed by atoms with E-state index in [1.807, 2.05) is 80.6 Å². The zero-order chi connectivity index (χ0) is 27.3. The minimum absolute atomic E-state index is 0.0589. The molecule has 0 aromatic heterocycles. The molecule has 0 aliphatic carbocycles. The fourth-order valence-electron chi connectivity index (χ4n) is 4.09. The Kier molecular flexibility index (Phi) is 8.27. The number of halogens is 1. The summed E-state index contributed by atoms with van der Waals surface area (Å²) in [6, 6.07) is 32.6. The SMILES string of the molecule is CC(C)(C)c1ccc(C(C)(C)OC(=O)COc2ccc([S+](c3ccccc3)c3ccc(F)cc3)cc2)cc1. The van der Waals surface area contributed by atoms with Crippen LogP contribution in [0.4, 0.5) is 4.39 Å². The summed E-state index contributed by atoms with van der Waals surface area (Å²) in [6.07, 6.45) is 0. The van der Waals surface area contributed by atoms with Crippen LogP contribution in [0, 0.1) is 5.82 Å². The van der Waals surface area contributed by atoms with Crippen LogP contribution in [0.25, 0.3) is 0 Å². The molecular formula is C33H34FO3S+. The predicted molar refractivity (Wildman–Crippen MR) is 151 cm³/mol. The van der Waals surface area contributed by atoms with Crippen LogP contribution in [0.5, 0.6) is 5.75 Å². The van der Waals surface area contributed by atoms with Crippen LogP contribution in [0.1, 0.15) is 45.7 Å². The van der Waals surface area contributed by atoms with Gasteiger partial charge in [-0.25, -0.2) is 9.18 Å². The monoisotopic (exact) mass is 529 g/mol. The molecule has 0 aliphatic heterocycles. The van der Waals surface area contributed by atoms with Crippen molar-refractivity contribution in [1.29, 1.82) is 0 Å². The lowest BCUT2D eigenvalue weighted by Gasteiger charge is -2.27. The number of benzene rings is 4. The molecule has 4 aromatic rings. The van der Waals surface area contributed by atoms with Crippen molar-refractivity contribution >= 4 is 16.9 Å². The van der Waals surface area contributed by atoms with E-state index in [9.17, 15) is 9.18 Å². The molecule has 0 amide bonds. The van der Waals surface area contributed by atoms with Gasteiger partial charge >= 0.3 is 5.97 Å². The fraction of sp³-hybridized carbons (Fsp3) is 0.242. The van der Waals surface area contributed by atoms with E-state index in [4.69, 9.17) is 9.47 Å². The van der Waals surface area contributed by atoms with Crippen molar-refractivity contribution in [2.45, 2.75) is 60.3 Å². The zero-order valence-corrected chi connectivity index (χ0v) is 23.3. The Morgan fingerprint density at radius 3 is 1.74 bits per heavy atom. The Labute approximate surface area is 228 Å². The minimum Gasteiger partial charge on any atom is -0.482 e. The second kappa shape index (κ2) is 11.4. The Balaban J connectivity index is 1.42. The van der Waals surface area contributed by atoms with Crippen molar-refractivity contribution in [3.63, 3.8) is 0 Å². The standard InChI is InChI=1S/C33H34FO3S/c1-32(2,3)24-11-13-25(14-12-24)33(4,5)37-31(35)23-36-27-17-21-30(22-18-27)38(28-9-7-6-8-10-28)29-19-15-26(34)16-20-29/h6-22H,23H2,1-5H3/q+1. The Morgan fingerprint density at radius 2 is 1.18 bits per heavy atom. The summed E-state index contributed by atoms with van der Waals surface area (Å²) < 4.78 is 25.1. The van der Waals surface area contributed by atoms with Crippen LogP contribution in [0.15, 0.2) is 118 Å². The third-order valence-corrected chi connectivity index (χ3v) is 8.49. The van der Waals surface area contributed by atoms with Gasteiger partial charge < -0.3 is 9.47 Å². The second-order valence-corrected chi connectivity index (χ2v) is 12.7. The van der Waals surface area contributed by atoms with Crippen LogP contribution in [-0.4, -0.2) is 12.6 Å². The van der Waals surface area contributed by atoms with Crippen LogP contribution in [0.2, 0.25) is 0 Å². The molecule has 0 fully saturated rings.